The molecule has 0 radical (unpaired) electrons. The molecular weight excluding hydrogens is 232 g/mol. The molecular formula is C13H14N2O3. The van der Waals surface area contributed by atoms with Crippen molar-refractivity contribution in [2.45, 2.75) is 6.92 Å². The molecule has 5 heteroatoms. The van der Waals surface area contributed by atoms with Crippen molar-refractivity contribution in [2.24, 2.45) is 0 Å². The number of aldehydes is 1. The summed E-state index contributed by atoms with van der Waals surface area (Å²) in [6.45, 7) is 1.87. The van der Waals surface area contributed by atoms with E-state index in [1.54, 1.807) is 14.2 Å². The lowest BCUT2D eigenvalue weighted by Crippen LogP contribution is -1.91. The highest BCUT2D eigenvalue weighted by Crippen LogP contribution is 2.32. The summed E-state index contributed by atoms with van der Waals surface area (Å²) < 4.78 is 10.4. The number of benzene rings is 1. The molecule has 1 aromatic heterocycles. The van der Waals surface area contributed by atoms with Crippen LogP contribution in [-0.4, -0.2) is 30.5 Å². The first-order valence-electron chi connectivity index (χ1n) is 5.43. The van der Waals surface area contributed by atoms with Crippen molar-refractivity contribution in [3.63, 3.8) is 0 Å². The molecule has 1 heterocycles. The maximum absolute atomic E-state index is 10.7. The van der Waals surface area contributed by atoms with Crippen molar-refractivity contribution >= 4 is 6.29 Å². The average molecular weight is 246 g/mol. The van der Waals surface area contributed by atoms with Gasteiger partial charge in [0.25, 0.3) is 0 Å². The van der Waals surface area contributed by atoms with Crippen LogP contribution in [-0.2, 0) is 0 Å². The van der Waals surface area contributed by atoms with Crippen LogP contribution in [0.4, 0.5) is 0 Å². The molecule has 0 fully saturated rings. The van der Waals surface area contributed by atoms with Crippen LogP contribution >= 0.6 is 0 Å². The highest BCUT2D eigenvalue weighted by Gasteiger charge is 2.11. The van der Waals surface area contributed by atoms with E-state index in [0.717, 1.165) is 17.0 Å². The molecule has 0 atom stereocenters. The van der Waals surface area contributed by atoms with Crippen molar-refractivity contribution in [2.75, 3.05) is 14.2 Å². The Hall–Kier alpha value is -2.30. The minimum atomic E-state index is 0.317. The maximum atomic E-state index is 10.7. The van der Waals surface area contributed by atoms with Gasteiger partial charge in [0.05, 0.1) is 19.9 Å². The zero-order valence-electron chi connectivity index (χ0n) is 10.5. The van der Waals surface area contributed by atoms with Gasteiger partial charge < -0.3 is 14.5 Å². The zero-order valence-corrected chi connectivity index (χ0v) is 10.5. The number of carbonyl (C=O) groups excluding carboxylic acids is 1. The van der Waals surface area contributed by atoms with Crippen molar-refractivity contribution in [3.05, 3.63) is 29.7 Å². The van der Waals surface area contributed by atoms with Crippen molar-refractivity contribution < 1.29 is 14.3 Å². The molecule has 0 saturated heterocycles. The molecule has 2 rings (SSSR count). The predicted octanol–water partition coefficient (Wildman–Crippen LogP) is 2.21. The highest BCUT2D eigenvalue weighted by molar-refractivity contribution is 5.74. The molecule has 1 aromatic carbocycles. The number of aromatic amines is 1. The van der Waals surface area contributed by atoms with Gasteiger partial charge in [-0.05, 0) is 25.1 Å². The van der Waals surface area contributed by atoms with E-state index in [1.807, 2.05) is 25.1 Å². The molecule has 0 bridgehead atoms. The number of methoxy groups -OCH3 is 2. The number of nitrogens with one attached hydrogen (secondary N) is 1. The number of hydrogen-bond acceptors (Lipinski definition) is 4. The Bertz CT molecular complexity index is 576. The minimum absolute atomic E-state index is 0.317. The smallest absolute Gasteiger partial charge is 0.185 e. The van der Waals surface area contributed by atoms with Crippen LogP contribution in [0, 0.1) is 6.92 Å². The maximum Gasteiger partial charge on any atom is 0.185 e. The van der Waals surface area contributed by atoms with Crippen LogP contribution in [0.1, 0.15) is 16.3 Å². The molecule has 0 aliphatic carbocycles. The van der Waals surface area contributed by atoms with E-state index in [4.69, 9.17) is 9.47 Å². The van der Waals surface area contributed by atoms with Crippen LogP contribution in [0.25, 0.3) is 11.3 Å². The van der Waals surface area contributed by atoms with Gasteiger partial charge >= 0.3 is 0 Å². The van der Waals surface area contributed by atoms with E-state index >= 15 is 0 Å². The number of hydrogen-bond donors (Lipinski definition) is 1. The molecule has 18 heavy (non-hydrogen) atoms. The van der Waals surface area contributed by atoms with Crippen LogP contribution in [0.15, 0.2) is 18.2 Å². The molecule has 0 aliphatic rings. The van der Waals surface area contributed by atoms with Gasteiger partial charge in [0.15, 0.2) is 23.6 Å². The molecule has 2 aromatic rings. The van der Waals surface area contributed by atoms with Crippen molar-refractivity contribution in [1.29, 1.82) is 0 Å². The second-order valence-corrected chi connectivity index (χ2v) is 3.78. The van der Waals surface area contributed by atoms with Crippen molar-refractivity contribution in [3.8, 4) is 22.8 Å². The molecule has 0 spiro atoms. The van der Waals surface area contributed by atoms with Crippen LogP contribution in [0.5, 0.6) is 11.5 Å². The summed E-state index contributed by atoms with van der Waals surface area (Å²) in [5, 5.41) is 0. The number of carbonyl (C=O) groups is 1. The molecule has 0 unspecified atom stereocenters. The third-order valence-electron chi connectivity index (χ3n) is 2.67. The third-order valence-corrected chi connectivity index (χ3v) is 2.67. The Morgan fingerprint density at radius 2 is 1.94 bits per heavy atom. The molecule has 0 saturated carbocycles. The summed E-state index contributed by atoms with van der Waals surface area (Å²) in [6.07, 6.45) is 0.692. The minimum Gasteiger partial charge on any atom is -0.493 e. The summed E-state index contributed by atoms with van der Waals surface area (Å²) in [5.41, 5.74) is 2.44. The van der Waals surface area contributed by atoms with E-state index in [1.165, 1.54) is 0 Å². The van der Waals surface area contributed by atoms with Gasteiger partial charge in [0.2, 0.25) is 0 Å². The Kier molecular flexibility index (Phi) is 3.32. The number of aryl methyl sites for hydroxylation is 1. The first-order valence-corrected chi connectivity index (χ1v) is 5.43. The monoisotopic (exact) mass is 246 g/mol. The molecule has 94 valence electrons. The van der Waals surface area contributed by atoms with Crippen LogP contribution in [0.2, 0.25) is 0 Å². The fourth-order valence-corrected chi connectivity index (χ4v) is 1.80. The summed E-state index contributed by atoms with van der Waals surface area (Å²) in [5.74, 6) is 1.60. The van der Waals surface area contributed by atoms with E-state index in [2.05, 4.69) is 9.97 Å². The number of nitrogens with zero attached hydrogens (tertiary/aromatic N) is 1. The Morgan fingerprint density at radius 3 is 2.50 bits per heavy atom. The fourth-order valence-electron chi connectivity index (χ4n) is 1.80. The van der Waals surface area contributed by atoms with Gasteiger partial charge in [-0.15, -0.1) is 0 Å². The zero-order chi connectivity index (χ0) is 13.1. The fraction of sp³-hybridized carbons (Fsp3) is 0.231. The first kappa shape index (κ1) is 12.2. The summed E-state index contributed by atoms with van der Waals surface area (Å²) in [6, 6.07) is 5.51. The lowest BCUT2D eigenvalue weighted by molar-refractivity contribution is 0.111. The van der Waals surface area contributed by atoms with Gasteiger partial charge in [0, 0.05) is 11.3 Å². The van der Waals surface area contributed by atoms with E-state index in [0.29, 0.717) is 23.6 Å². The van der Waals surface area contributed by atoms with Gasteiger partial charge in [-0.2, -0.15) is 0 Å². The number of aromatic nitrogens is 2. The Labute approximate surface area is 105 Å². The van der Waals surface area contributed by atoms with E-state index in [-0.39, 0.29) is 0 Å². The largest absolute Gasteiger partial charge is 0.493 e. The predicted molar refractivity (Wildman–Crippen MR) is 67.3 cm³/mol. The van der Waals surface area contributed by atoms with E-state index < -0.39 is 0 Å². The summed E-state index contributed by atoms with van der Waals surface area (Å²) >= 11 is 0. The second-order valence-electron chi connectivity index (χ2n) is 3.78. The van der Waals surface area contributed by atoms with E-state index in [9.17, 15) is 4.79 Å². The molecule has 0 aliphatic heterocycles. The number of rotatable bonds is 4. The number of ether oxygens (including phenoxy) is 2. The second kappa shape index (κ2) is 4.91. The van der Waals surface area contributed by atoms with Gasteiger partial charge in [-0.1, -0.05) is 0 Å². The lowest BCUT2D eigenvalue weighted by Gasteiger charge is -2.08. The average Bonchev–Trinajstić information content (AvgIpc) is 2.79. The molecule has 0 amide bonds. The quantitative estimate of drug-likeness (QED) is 0.840. The topological polar surface area (TPSA) is 64.2 Å². The van der Waals surface area contributed by atoms with Gasteiger partial charge in [-0.25, -0.2) is 4.98 Å². The van der Waals surface area contributed by atoms with Crippen LogP contribution < -0.4 is 9.47 Å². The SMILES string of the molecule is COc1ccc(-c2nc(C=O)[nH]c2C)cc1OC. The summed E-state index contributed by atoms with van der Waals surface area (Å²) in [7, 11) is 3.16. The highest BCUT2D eigenvalue weighted by atomic mass is 16.5. The van der Waals surface area contributed by atoms with Gasteiger partial charge in [0.1, 0.15) is 0 Å². The molecule has 1 N–H and O–H groups in total. The lowest BCUT2D eigenvalue weighted by atomic mass is 10.1. The number of H-pyrrole nitrogens is 1. The normalized spacial score (nSPS) is 10.2. The van der Waals surface area contributed by atoms with Crippen molar-refractivity contribution in [1.82, 2.24) is 9.97 Å². The van der Waals surface area contributed by atoms with Gasteiger partial charge in [-0.3, -0.25) is 4.79 Å². The third kappa shape index (κ3) is 2.07. The Balaban J connectivity index is 2.50. The Morgan fingerprint density at radius 1 is 1.22 bits per heavy atom. The molecule has 5 nitrogen and oxygen atoms in total. The standard InChI is InChI=1S/C13H14N2O3/c1-8-13(15-12(7-16)14-8)9-4-5-10(17-2)11(6-9)18-3/h4-7H,1-3H3,(H,14,15). The summed E-state index contributed by atoms with van der Waals surface area (Å²) in [4.78, 5) is 17.8. The van der Waals surface area contributed by atoms with Crippen LogP contribution in [0.3, 0.4) is 0 Å². The number of imidazole rings is 1. The first-order chi connectivity index (χ1) is 8.69.